The van der Waals surface area contributed by atoms with Gasteiger partial charge in [0.1, 0.15) is 5.82 Å². The molecule has 3 nitrogen and oxygen atoms in total. The predicted molar refractivity (Wildman–Crippen MR) is 49.3 cm³/mol. The molecule has 1 N–H and O–H groups in total. The summed E-state index contributed by atoms with van der Waals surface area (Å²) < 4.78 is 0. The Kier molecular flexibility index (Phi) is 3.51. The van der Waals surface area contributed by atoms with Crippen molar-refractivity contribution in [1.82, 2.24) is 4.90 Å². The van der Waals surface area contributed by atoms with Crippen molar-refractivity contribution in [3.63, 3.8) is 0 Å². The zero-order valence-corrected chi connectivity index (χ0v) is 7.60. The summed E-state index contributed by atoms with van der Waals surface area (Å²) in [5.74, 6) is 0.762. The fourth-order valence-corrected chi connectivity index (χ4v) is 0.763. The monoisotopic (exact) mass is 153 g/mol. The van der Waals surface area contributed by atoms with E-state index in [-0.39, 0.29) is 0 Å². The summed E-state index contributed by atoms with van der Waals surface area (Å²) in [5.41, 5.74) is 1.39. The topological polar surface area (TPSA) is 39.5 Å². The third-order valence-electron chi connectivity index (χ3n) is 1.47. The Morgan fingerprint density at radius 3 is 1.91 bits per heavy atom. The summed E-state index contributed by atoms with van der Waals surface area (Å²) in [4.78, 5) is 5.67. The molecule has 0 fully saturated rings. The maximum absolute atomic E-state index is 7.36. The second-order valence-corrected chi connectivity index (χ2v) is 2.63. The first-order valence-electron chi connectivity index (χ1n) is 3.41. The van der Waals surface area contributed by atoms with Gasteiger partial charge in [0, 0.05) is 25.4 Å². The van der Waals surface area contributed by atoms with Crippen molar-refractivity contribution in [2.75, 3.05) is 14.1 Å². The summed E-state index contributed by atoms with van der Waals surface area (Å²) in [6.07, 6.45) is 0. The highest BCUT2D eigenvalue weighted by atomic mass is 15.2. The quantitative estimate of drug-likeness (QED) is 0.613. The average molecular weight is 153 g/mol. The Morgan fingerprint density at radius 2 is 1.82 bits per heavy atom. The van der Waals surface area contributed by atoms with E-state index in [2.05, 4.69) is 11.7 Å². The number of hydrogen-bond acceptors (Lipinski definition) is 3. The maximum Gasteiger partial charge on any atom is 0.131 e. The van der Waals surface area contributed by atoms with Crippen LogP contribution in [0, 0.1) is 5.41 Å². The lowest BCUT2D eigenvalue weighted by molar-refractivity contribution is 0.504. The highest BCUT2D eigenvalue weighted by molar-refractivity contribution is 5.95. The van der Waals surface area contributed by atoms with Crippen LogP contribution in [-0.4, -0.2) is 31.4 Å². The molecular formula is C8H15N3. The highest BCUT2D eigenvalue weighted by Crippen LogP contribution is 2.08. The molecule has 0 rings (SSSR count). The first-order chi connectivity index (χ1) is 5.00. The van der Waals surface area contributed by atoms with E-state index in [1.54, 1.807) is 6.92 Å². The summed E-state index contributed by atoms with van der Waals surface area (Å²) in [6, 6.07) is 0. The van der Waals surface area contributed by atoms with Gasteiger partial charge in [0.15, 0.2) is 0 Å². The molecule has 0 radical (unpaired) electrons. The van der Waals surface area contributed by atoms with Crippen molar-refractivity contribution < 1.29 is 0 Å². The molecule has 62 valence electrons. The molecule has 0 bridgehead atoms. The van der Waals surface area contributed by atoms with Crippen LogP contribution in [0.25, 0.3) is 0 Å². The molecule has 0 spiro atoms. The fraction of sp³-hybridized carbons (Fsp3) is 0.500. The van der Waals surface area contributed by atoms with Gasteiger partial charge in [-0.15, -0.1) is 0 Å². The fourth-order valence-electron chi connectivity index (χ4n) is 0.763. The highest BCUT2D eigenvalue weighted by Gasteiger charge is 2.03. The molecule has 0 saturated heterocycles. The molecule has 0 amide bonds. The average Bonchev–Trinajstić information content (AvgIpc) is 1.88. The van der Waals surface area contributed by atoms with Crippen molar-refractivity contribution in [3.8, 4) is 0 Å². The molecule has 0 aliphatic rings. The van der Waals surface area contributed by atoms with Gasteiger partial charge < -0.3 is 10.3 Å². The van der Waals surface area contributed by atoms with Gasteiger partial charge >= 0.3 is 0 Å². The van der Waals surface area contributed by atoms with Crippen molar-refractivity contribution in [3.05, 3.63) is 11.4 Å². The van der Waals surface area contributed by atoms with Crippen LogP contribution in [0.3, 0.4) is 0 Å². The number of nitrogens with zero attached hydrogens (tertiary/aromatic N) is 2. The van der Waals surface area contributed by atoms with Gasteiger partial charge in [-0.05, 0) is 20.6 Å². The molecule has 0 saturated carbocycles. The van der Waals surface area contributed by atoms with Gasteiger partial charge in [0.05, 0.1) is 0 Å². The first kappa shape index (κ1) is 9.88. The Labute approximate surface area is 67.9 Å². The van der Waals surface area contributed by atoms with Crippen molar-refractivity contribution in [1.29, 1.82) is 5.41 Å². The summed E-state index contributed by atoms with van der Waals surface area (Å²) >= 11 is 0. The minimum atomic E-state index is 0.529. The Bertz CT molecular complexity index is 201. The molecule has 0 aliphatic carbocycles. The third kappa shape index (κ3) is 2.53. The second-order valence-electron chi connectivity index (χ2n) is 2.63. The standard InChI is InChI=1S/C8H15N3/c1-6(7(2)9)8(10-3)11(4)5/h9H,3H2,1-2,4-5H3/b8-6+,9-7?. The zero-order valence-electron chi connectivity index (χ0n) is 7.60. The summed E-state index contributed by atoms with van der Waals surface area (Å²) in [7, 11) is 3.77. The molecule has 0 aromatic carbocycles. The summed E-state index contributed by atoms with van der Waals surface area (Å²) in [5, 5.41) is 7.36. The van der Waals surface area contributed by atoms with Crippen LogP contribution in [0.2, 0.25) is 0 Å². The number of nitrogens with one attached hydrogen (secondary N) is 1. The molecule has 0 aromatic rings. The van der Waals surface area contributed by atoms with Crippen LogP contribution < -0.4 is 0 Å². The van der Waals surface area contributed by atoms with E-state index in [9.17, 15) is 0 Å². The second kappa shape index (κ2) is 3.91. The Morgan fingerprint density at radius 1 is 1.36 bits per heavy atom. The van der Waals surface area contributed by atoms with Gasteiger partial charge in [-0.2, -0.15) is 0 Å². The van der Waals surface area contributed by atoms with Crippen molar-refractivity contribution in [2.24, 2.45) is 4.99 Å². The smallest absolute Gasteiger partial charge is 0.131 e. The van der Waals surface area contributed by atoms with Crippen molar-refractivity contribution in [2.45, 2.75) is 13.8 Å². The van der Waals surface area contributed by atoms with Crippen LogP contribution in [-0.2, 0) is 0 Å². The lowest BCUT2D eigenvalue weighted by Gasteiger charge is -2.14. The summed E-state index contributed by atoms with van der Waals surface area (Å²) in [6.45, 7) is 7.05. The van der Waals surface area contributed by atoms with Gasteiger partial charge in [0.25, 0.3) is 0 Å². The maximum atomic E-state index is 7.36. The van der Waals surface area contributed by atoms with Crippen LogP contribution in [0.1, 0.15) is 13.8 Å². The van der Waals surface area contributed by atoms with Gasteiger partial charge in [-0.1, -0.05) is 0 Å². The SMILES string of the molecule is C=N/C(=C(/C)C(C)=N)N(C)C. The van der Waals surface area contributed by atoms with Crippen LogP contribution in [0.15, 0.2) is 16.4 Å². The van der Waals surface area contributed by atoms with E-state index in [1.165, 1.54) is 0 Å². The molecule has 11 heavy (non-hydrogen) atoms. The van der Waals surface area contributed by atoms with Gasteiger partial charge in [-0.3, -0.25) is 0 Å². The molecule has 3 heteroatoms. The van der Waals surface area contributed by atoms with Crippen LogP contribution in [0.5, 0.6) is 0 Å². The normalized spacial score (nSPS) is 12.0. The lowest BCUT2D eigenvalue weighted by atomic mass is 10.2. The van der Waals surface area contributed by atoms with E-state index in [4.69, 9.17) is 5.41 Å². The van der Waals surface area contributed by atoms with E-state index >= 15 is 0 Å². The van der Waals surface area contributed by atoms with Gasteiger partial charge in [0.2, 0.25) is 0 Å². The lowest BCUT2D eigenvalue weighted by Crippen LogP contribution is -2.13. The van der Waals surface area contributed by atoms with Crippen molar-refractivity contribution >= 4 is 12.4 Å². The van der Waals surface area contributed by atoms with E-state index in [0.29, 0.717) is 5.71 Å². The molecular weight excluding hydrogens is 138 g/mol. The number of allylic oxidation sites excluding steroid dienone is 1. The van der Waals surface area contributed by atoms with E-state index in [0.717, 1.165) is 11.4 Å². The van der Waals surface area contributed by atoms with Crippen LogP contribution in [0.4, 0.5) is 0 Å². The number of aliphatic imine (C=N–C) groups is 1. The number of hydrogen-bond donors (Lipinski definition) is 1. The van der Waals surface area contributed by atoms with Gasteiger partial charge in [-0.25, -0.2) is 4.99 Å². The van der Waals surface area contributed by atoms with E-state index < -0.39 is 0 Å². The molecule has 0 unspecified atom stereocenters. The Hall–Kier alpha value is -1.12. The first-order valence-corrected chi connectivity index (χ1v) is 3.41. The van der Waals surface area contributed by atoms with Crippen LogP contribution >= 0.6 is 0 Å². The third-order valence-corrected chi connectivity index (χ3v) is 1.47. The zero-order chi connectivity index (χ0) is 9.02. The minimum absolute atomic E-state index is 0.529. The Balaban J connectivity index is 4.83. The van der Waals surface area contributed by atoms with E-state index in [1.807, 2.05) is 25.9 Å². The molecule has 0 atom stereocenters. The predicted octanol–water partition coefficient (Wildman–Crippen LogP) is 1.52. The largest absolute Gasteiger partial charge is 0.362 e. The minimum Gasteiger partial charge on any atom is -0.362 e. The number of rotatable bonds is 3. The molecule has 0 aliphatic heterocycles. The molecule has 0 heterocycles. The molecule has 0 aromatic heterocycles.